The molecule has 16 heteroatoms. The molecule has 0 heterocycles. The van der Waals surface area contributed by atoms with Crippen LogP contribution in [-0.2, 0) is 52.6 Å². The first-order valence-electron chi connectivity index (χ1n) is 8.68. The van der Waals surface area contributed by atoms with Gasteiger partial charge in [-0.15, -0.1) is 0 Å². The summed E-state index contributed by atoms with van der Waals surface area (Å²) in [6.45, 7) is -2.25. The van der Waals surface area contributed by atoms with Crippen LogP contribution in [0.4, 0.5) is 0 Å². The van der Waals surface area contributed by atoms with E-state index in [-0.39, 0.29) is 18.0 Å². The van der Waals surface area contributed by atoms with Crippen molar-refractivity contribution in [2.45, 2.75) is 4.90 Å². The summed E-state index contributed by atoms with van der Waals surface area (Å²) >= 11 is -1.43. The van der Waals surface area contributed by atoms with Crippen molar-refractivity contribution in [1.82, 2.24) is 9.80 Å². The van der Waals surface area contributed by atoms with E-state index in [4.69, 9.17) is 33.2 Å². The molecule has 0 saturated heterocycles. The van der Waals surface area contributed by atoms with Crippen molar-refractivity contribution in [3.05, 3.63) is 24.3 Å². The van der Waals surface area contributed by atoms with Gasteiger partial charge in [-0.2, -0.15) is 0 Å². The number of carboxylic acids is 4. The number of aliphatic carboxylic acids is 4. The Balaban J connectivity index is 0.000000677. The van der Waals surface area contributed by atoms with Gasteiger partial charge in [-0.3, -0.25) is 29.0 Å². The first-order chi connectivity index (χ1) is 14.7. The Morgan fingerprint density at radius 2 is 1.06 bits per heavy atom. The summed E-state index contributed by atoms with van der Waals surface area (Å²) in [7, 11) is 1.66. The summed E-state index contributed by atoms with van der Waals surface area (Å²) in [6, 6.07) is 6.04. The predicted octanol–water partition coefficient (Wildman–Crippen LogP) is -1.28. The molecule has 0 amide bonds. The van der Waals surface area contributed by atoms with E-state index in [1.807, 2.05) is 0 Å². The zero-order valence-electron chi connectivity index (χ0n) is 16.6. The third-order valence-corrected chi connectivity index (χ3v) is 10.2. The average Bonchev–Trinajstić information content (AvgIpc) is 2.64. The molecule has 1 rings (SSSR count). The number of carboxylic acid groups (broad SMARTS) is 4. The van der Waals surface area contributed by atoms with Crippen LogP contribution in [0.3, 0.4) is 0 Å². The predicted molar refractivity (Wildman–Crippen MR) is 105 cm³/mol. The number of nitrogens with zero attached hydrogens (tertiary/aromatic N) is 2. The number of carbonyl (C=O) groups is 4. The second kappa shape index (κ2) is 15.1. The fraction of sp³-hybridized carbons (Fsp3) is 0.375. The molecule has 0 spiro atoms. The van der Waals surface area contributed by atoms with Crippen LogP contribution in [0.15, 0.2) is 29.2 Å². The van der Waals surface area contributed by atoms with Crippen molar-refractivity contribution >= 4 is 45.3 Å². The maximum absolute atomic E-state index is 10.6. The molecule has 176 valence electrons. The molecule has 0 bridgehead atoms. The number of hydrogen-bond donors (Lipinski definition) is 5. The molecule has 13 nitrogen and oxygen atoms in total. The van der Waals surface area contributed by atoms with Gasteiger partial charge in [0.25, 0.3) is 0 Å². The van der Waals surface area contributed by atoms with Gasteiger partial charge in [0.2, 0.25) is 0 Å². The van der Waals surface area contributed by atoms with E-state index in [1.165, 1.54) is 12.1 Å². The molecule has 1 aromatic carbocycles. The summed E-state index contributed by atoms with van der Waals surface area (Å²) in [5, 5.41) is 34.5. The first kappa shape index (κ1) is 30.2. The first-order valence-corrected chi connectivity index (χ1v) is 19.6. The second-order valence-corrected chi connectivity index (χ2v) is 14.2. The number of halogens is 1. The van der Waals surface area contributed by atoms with Gasteiger partial charge in [-0.25, -0.2) is 0 Å². The van der Waals surface area contributed by atoms with Crippen molar-refractivity contribution in [3.8, 4) is 0 Å². The Hall–Kier alpha value is -1.84. The normalized spacial score (nSPS) is 10.8. The molecule has 0 unspecified atom stereocenters. The van der Waals surface area contributed by atoms with Crippen LogP contribution >= 0.6 is 8.25 Å². The van der Waals surface area contributed by atoms with E-state index in [2.05, 4.69) is 0 Å². The van der Waals surface area contributed by atoms with Crippen molar-refractivity contribution in [1.29, 1.82) is 0 Å². The summed E-state index contributed by atoms with van der Waals surface area (Å²) in [6.07, 6.45) is 0. The fourth-order valence-corrected chi connectivity index (χ4v) is 5.88. The minimum atomic E-state index is -4.05. The maximum atomic E-state index is 10.6. The topological polar surface area (TPSA) is 210 Å². The zero-order chi connectivity index (χ0) is 24.9. The SMILES string of the molecule is O=C(O)CN(CCN(CC(=O)O)CC(=O)O)CC(=O)O.O=S(=O)(O)c1cc[c]([Hg][Cl])cc1. The number of rotatable bonds is 13. The third kappa shape index (κ3) is 15.0. The molecular formula is C16H21ClHgN2O11S. The standard InChI is InChI=1S/C10H16N2O8.C6H5O3S.ClH.Hg/c13-7(14)3-11(4-8(15)16)1-2-12(5-9(17)18)6-10(19)20;7-10(8,9)6-4-2-1-3-5-6;;/h1-6H2,(H,13,14)(H,15,16)(H,17,18)(H,19,20);2-5H,(H,7,8,9);1H;/q;;;+1/p-1. The molecular weight excluding hydrogens is 664 g/mol. The van der Waals surface area contributed by atoms with Gasteiger partial charge in [0.1, 0.15) is 0 Å². The zero-order valence-corrected chi connectivity index (χ0v) is 23.7. The third-order valence-electron chi connectivity index (χ3n) is 3.54. The van der Waals surface area contributed by atoms with Gasteiger partial charge in [0.05, 0.1) is 26.2 Å². The van der Waals surface area contributed by atoms with E-state index in [0.717, 1.165) is 12.9 Å². The summed E-state index contributed by atoms with van der Waals surface area (Å²) in [4.78, 5) is 44.3. The van der Waals surface area contributed by atoms with Crippen LogP contribution < -0.4 is 3.07 Å². The molecule has 0 radical (unpaired) electrons. The van der Waals surface area contributed by atoms with Crippen LogP contribution in [0.5, 0.6) is 0 Å². The molecule has 32 heavy (non-hydrogen) atoms. The summed E-state index contributed by atoms with van der Waals surface area (Å²) in [5.74, 6) is -4.91. The quantitative estimate of drug-likeness (QED) is 0.121. The van der Waals surface area contributed by atoms with E-state index in [1.54, 1.807) is 12.1 Å². The van der Waals surface area contributed by atoms with Crippen LogP contribution in [-0.4, -0.2) is 106 Å². The Bertz CT molecular complexity index is 828. The molecule has 0 saturated carbocycles. The van der Waals surface area contributed by atoms with Gasteiger partial charge in [0, 0.05) is 13.1 Å². The molecule has 0 aliphatic rings. The molecule has 0 atom stereocenters. The van der Waals surface area contributed by atoms with Crippen molar-refractivity contribution in [3.63, 3.8) is 0 Å². The van der Waals surface area contributed by atoms with E-state index in [0.29, 0.717) is 0 Å². The molecule has 0 aliphatic carbocycles. The molecule has 0 aliphatic heterocycles. The average molecular weight is 685 g/mol. The molecule has 5 N–H and O–H groups in total. The molecule has 0 fully saturated rings. The Morgan fingerprint density at radius 1 is 0.750 bits per heavy atom. The van der Waals surface area contributed by atoms with Crippen molar-refractivity contribution in [2.24, 2.45) is 0 Å². The monoisotopic (exact) mass is 686 g/mol. The molecule has 1 aromatic rings. The van der Waals surface area contributed by atoms with Crippen molar-refractivity contribution < 1.29 is 75.9 Å². The summed E-state index contributed by atoms with van der Waals surface area (Å²) in [5.41, 5.74) is 0. The van der Waals surface area contributed by atoms with Gasteiger partial charge >= 0.3 is 111 Å². The fourth-order valence-electron chi connectivity index (χ4n) is 2.23. The number of hydrogen-bond acceptors (Lipinski definition) is 8. The Kier molecular flexibility index (Phi) is 14.2. The van der Waals surface area contributed by atoms with Crippen LogP contribution in [0.25, 0.3) is 0 Å². The van der Waals surface area contributed by atoms with Crippen LogP contribution in [0, 0.1) is 0 Å². The van der Waals surface area contributed by atoms with Gasteiger partial charge < -0.3 is 20.4 Å². The number of benzene rings is 1. The van der Waals surface area contributed by atoms with Crippen molar-refractivity contribution in [2.75, 3.05) is 39.3 Å². The summed E-state index contributed by atoms with van der Waals surface area (Å²) < 4.78 is 30.8. The Labute approximate surface area is 198 Å². The van der Waals surface area contributed by atoms with E-state index >= 15 is 0 Å². The van der Waals surface area contributed by atoms with Gasteiger partial charge in [0.15, 0.2) is 0 Å². The Morgan fingerprint density at radius 3 is 1.28 bits per heavy atom. The van der Waals surface area contributed by atoms with E-state index in [9.17, 15) is 27.6 Å². The van der Waals surface area contributed by atoms with Crippen LogP contribution in [0.1, 0.15) is 0 Å². The minimum absolute atomic E-state index is 0.0703. The molecule has 0 aromatic heterocycles. The van der Waals surface area contributed by atoms with Gasteiger partial charge in [-0.1, -0.05) is 0 Å². The van der Waals surface area contributed by atoms with Crippen LogP contribution in [0.2, 0.25) is 0 Å². The second-order valence-electron chi connectivity index (χ2n) is 6.25. The van der Waals surface area contributed by atoms with Gasteiger partial charge in [-0.05, 0) is 0 Å². The van der Waals surface area contributed by atoms with E-state index < -0.39 is 83.5 Å².